The van der Waals surface area contributed by atoms with Gasteiger partial charge in [0.25, 0.3) is 0 Å². The zero-order chi connectivity index (χ0) is 22.6. The molecule has 4 fully saturated rings. The third-order valence-electron chi connectivity index (χ3n) is 7.98. The van der Waals surface area contributed by atoms with E-state index in [0.717, 1.165) is 81.3 Å². The number of nitrogens with one attached hydrogen (secondary N) is 2. The van der Waals surface area contributed by atoms with E-state index in [2.05, 4.69) is 26.2 Å². The van der Waals surface area contributed by atoms with Gasteiger partial charge in [0.1, 0.15) is 17.5 Å². The van der Waals surface area contributed by atoms with E-state index in [0.29, 0.717) is 17.7 Å². The van der Waals surface area contributed by atoms with Crippen molar-refractivity contribution in [3.63, 3.8) is 0 Å². The molecule has 2 N–H and O–H groups in total. The van der Waals surface area contributed by atoms with Gasteiger partial charge < -0.3 is 20.4 Å². The summed E-state index contributed by atoms with van der Waals surface area (Å²) in [6, 6.07) is 11.0. The van der Waals surface area contributed by atoms with Gasteiger partial charge in [-0.05, 0) is 43.2 Å². The third-order valence-corrected chi connectivity index (χ3v) is 7.98. The van der Waals surface area contributed by atoms with Crippen molar-refractivity contribution in [2.24, 2.45) is 5.41 Å². The number of fused-ring (bicyclic) bond motifs is 1. The molecule has 9 heteroatoms. The molecule has 2 saturated carbocycles. The van der Waals surface area contributed by atoms with Crippen LogP contribution in [0.5, 0.6) is 0 Å². The Morgan fingerprint density at radius 1 is 1.24 bits per heavy atom. The number of nitrogens with zero attached hydrogens (tertiary/aromatic N) is 5. The van der Waals surface area contributed by atoms with Crippen LogP contribution in [0.1, 0.15) is 36.2 Å². The topological polar surface area (TPSA) is 101 Å². The Hall–Kier alpha value is -2.29. The number of halogens is 1. The van der Waals surface area contributed by atoms with Gasteiger partial charge >= 0.3 is 0 Å². The van der Waals surface area contributed by atoms with Crippen LogP contribution in [0.15, 0.2) is 24.3 Å². The van der Waals surface area contributed by atoms with Gasteiger partial charge in [-0.25, -0.2) is 9.97 Å². The predicted molar refractivity (Wildman–Crippen MR) is 142 cm³/mol. The minimum atomic E-state index is -0.363. The minimum Gasteiger partial charge on any atom is -0.378 e. The third kappa shape index (κ3) is 3.85. The maximum atomic E-state index is 9.94. The number of hydrogen-bond acceptors (Lipinski definition) is 8. The van der Waals surface area contributed by atoms with E-state index in [1.165, 1.54) is 6.21 Å². The van der Waals surface area contributed by atoms with Gasteiger partial charge in [0, 0.05) is 49.7 Å². The van der Waals surface area contributed by atoms with Crippen LogP contribution in [0.25, 0.3) is 0 Å². The van der Waals surface area contributed by atoms with Gasteiger partial charge in [-0.15, -0.1) is 24.0 Å². The fourth-order valence-corrected chi connectivity index (χ4v) is 5.78. The maximum absolute atomic E-state index is 9.94. The molecule has 1 spiro atoms. The Bertz CT molecular complexity index is 1160. The van der Waals surface area contributed by atoms with Crippen LogP contribution in [-0.2, 0) is 10.2 Å². The fourth-order valence-electron chi connectivity index (χ4n) is 5.78. The summed E-state index contributed by atoms with van der Waals surface area (Å²) in [7, 11) is 0. The normalized spacial score (nSPS) is 26.7. The van der Waals surface area contributed by atoms with Crippen LogP contribution in [0.2, 0.25) is 0 Å². The Kier molecular flexibility index (Phi) is 6.02. The van der Waals surface area contributed by atoms with Gasteiger partial charge in [0.2, 0.25) is 0 Å². The number of anilines is 3. The van der Waals surface area contributed by atoms with Crippen LogP contribution in [0.4, 0.5) is 17.3 Å². The Labute approximate surface area is 217 Å². The number of morpholine rings is 1. The standard InChI is InChI=1S/C25H29N7O.HI/c1-17-28-22(11-23(29-17)32-7-6-31-8-9-33-14-20(31)13-32)30-21-10-19(3-2-18(21)12-26)25(16-27)15-24(25)4-5-24;/h2-3,10-12,20,26H,4-9,13-15H2,1H3,(H,28,29,30);1H/t20-,25+;/m0./s1. The molecule has 1 aromatic heterocycles. The van der Waals surface area contributed by atoms with Crippen molar-refractivity contribution in [1.82, 2.24) is 14.9 Å². The van der Waals surface area contributed by atoms with E-state index in [-0.39, 0.29) is 34.8 Å². The van der Waals surface area contributed by atoms with E-state index in [1.807, 2.05) is 31.2 Å². The summed E-state index contributed by atoms with van der Waals surface area (Å²) in [5, 5.41) is 21.2. The van der Waals surface area contributed by atoms with Crippen LogP contribution in [-0.4, -0.2) is 66.5 Å². The largest absolute Gasteiger partial charge is 0.378 e. The van der Waals surface area contributed by atoms with Crippen molar-refractivity contribution >= 4 is 47.5 Å². The zero-order valence-corrected chi connectivity index (χ0v) is 21.7. The predicted octanol–water partition coefficient (Wildman–Crippen LogP) is 3.61. The fraction of sp³-hybridized carbons (Fsp3) is 0.520. The number of aryl methyl sites for hydroxylation is 1. The molecule has 0 amide bonds. The molecule has 0 unspecified atom stereocenters. The number of ether oxygens (including phenoxy) is 1. The Morgan fingerprint density at radius 2 is 2.09 bits per heavy atom. The molecule has 178 valence electrons. The number of piperazine rings is 1. The molecule has 6 rings (SSSR count). The van der Waals surface area contributed by atoms with Gasteiger partial charge in [-0.1, -0.05) is 12.1 Å². The number of hydrogen-bond donors (Lipinski definition) is 2. The lowest BCUT2D eigenvalue weighted by molar-refractivity contribution is -0.0117. The van der Waals surface area contributed by atoms with E-state index >= 15 is 0 Å². The van der Waals surface area contributed by atoms with E-state index in [4.69, 9.17) is 15.1 Å². The van der Waals surface area contributed by atoms with Crippen molar-refractivity contribution in [1.29, 1.82) is 10.7 Å². The second kappa shape index (κ2) is 8.73. The smallest absolute Gasteiger partial charge is 0.136 e. The maximum Gasteiger partial charge on any atom is 0.136 e. The highest BCUT2D eigenvalue weighted by atomic mass is 127. The summed E-state index contributed by atoms with van der Waals surface area (Å²) in [5.41, 5.74) is 2.49. The molecule has 0 bridgehead atoms. The zero-order valence-electron chi connectivity index (χ0n) is 19.4. The van der Waals surface area contributed by atoms with Crippen LogP contribution in [0.3, 0.4) is 0 Å². The minimum absolute atomic E-state index is 0. The lowest BCUT2D eigenvalue weighted by Gasteiger charge is -2.44. The van der Waals surface area contributed by atoms with Crippen LogP contribution in [0, 0.1) is 29.1 Å². The monoisotopic (exact) mass is 571 g/mol. The summed E-state index contributed by atoms with van der Waals surface area (Å²) < 4.78 is 5.69. The number of aromatic nitrogens is 2. The molecule has 1 aromatic carbocycles. The van der Waals surface area contributed by atoms with Crippen molar-refractivity contribution in [2.45, 2.75) is 37.6 Å². The molecule has 2 saturated heterocycles. The molecule has 2 atom stereocenters. The van der Waals surface area contributed by atoms with Crippen molar-refractivity contribution < 1.29 is 4.74 Å². The number of nitriles is 1. The summed E-state index contributed by atoms with van der Waals surface area (Å²) in [6.07, 6.45) is 4.59. The highest BCUT2D eigenvalue weighted by Crippen LogP contribution is 2.78. The Morgan fingerprint density at radius 3 is 2.82 bits per heavy atom. The summed E-state index contributed by atoms with van der Waals surface area (Å²) in [6.45, 7) is 7.34. The lowest BCUT2D eigenvalue weighted by Crippen LogP contribution is -2.58. The number of benzene rings is 1. The molecule has 34 heavy (non-hydrogen) atoms. The molecule has 8 nitrogen and oxygen atoms in total. The second-order valence-electron chi connectivity index (χ2n) is 9.91. The van der Waals surface area contributed by atoms with E-state index < -0.39 is 0 Å². The van der Waals surface area contributed by atoms with Crippen molar-refractivity contribution in [3.05, 3.63) is 41.2 Å². The van der Waals surface area contributed by atoms with Gasteiger partial charge in [-0.2, -0.15) is 5.26 Å². The Balaban J connectivity index is 0.00000241. The molecule has 2 aliphatic heterocycles. The van der Waals surface area contributed by atoms with Crippen LogP contribution < -0.4 is 10.2 Å². The van der Waals surface area contributed by atoms with E-state index in [9.17, 15) is 5.26 Å². The molecule has 2 aromatic rings. The summed E-state index contributed by atoms with van der Waals surface area (Å²) >= 11 is 0. The van der Waals surface area contributed by atoms with Gasteiger partial charge in [-0.3, -0.25) is 4.90 Å². The summed E-state index contributed by atoms with van der Waals surface area (Å²) in [5.74, 6) is 2.33. The van der Waals surface area contributed by atoms with Crippen LogP contribution >= 0.6 is 24.0 Å². The first kappa shape index (κ1) is 23.5. The SMILES string of the molecule is Cc1nc(Nc2cc([C@]3(C#N)CC34CC4)ccc2C=N)cc(N2CCN3CCOC[C@@H]3C2)n1.I. The first-order chi connectivity index (χ1) is 16.1. The quantitative estimate of drug-likeness (QED) is 0.418. The average Bonchev–Trinajstić information content (AvgIpc) is 3.76. The van der Waals surface area contributed by atoms with Crippen molar-refractivity contribution in [3.8, 4) is 6.07 Å². The molecule has 0 radical (unpaired) electrons. The van der Waals surface area contributed by atoms with Gasteiger partial charge in [0.05, 0.1) is 30.7 Å². The van der Waals surface area contributed by atoms with Crippen molar-refractivity contribution in [2.75, 3.05) is 49.6 Å². The molecule has 3 heterocycles. The highest BCUT2D eigenvalue weighted by molar-refractivity contribution is 14.0. The molecular weight excluding hydrogens is 541 g/mol. The highest BCUT2D eigenvalue weighted by Gasteiger charge is 2.75. The molecular formula is C25H30IN7O. The summed E-state index contributed by atoms with van der Waals surface area (Å²) in [4.78, 5) is 14.2. The molecule has 2 aliphatic carbocycles. The van der Waals surface area contributed by atoms with Gasteiger partial charge in [0.15, 0.2) is 0 Å². The average molecular weight is 571 g/mol. The number of rotatable bonds is 5. The second-order valence-corrected chi connectivity index (χ2v) is 9.91. The van der Waals surface area contributed by atoms with E-state index in [1.54, 1.807) is 0 Å². The first-order valence-electron chi connectivity index (χ1n) is 11.8. The lowest BCUT2D eigenvalue weighted by atomic mass is 9.92. The molecule has 4 aliphatic rings. The first-order valence-corrected chi connectivity index (χ1v) is 11.8.